The average molecular weight is 313 g/mol. The lowest BCUT2D eigenvalue weighted by Gasteiger charge is -2.31. The van der Waals surface area contributed by atoms with E-state index in [1.54, 1.807) is 18.2 Å². The van der Waals surface area contributed by atoms with E-state index < -0.39 is 0 Å². The number of nitriles is 1. The van der Waals surface area contributed by atoms with Crippen LogP contribution in [-0.2, 0) is 4.79 Å². The number of hydrogen-bond donors (Lipinski definition) is 2. The van der Waals surface area contributed by atoms with Crippen molar-refractivity contribution in [2.75, 3.05) is 31.5 Å². The summed E-state index contributed by atoms with van der Waals surface area (Å²) in [6, 6.07) is 6.77. The van der Waals surface area contributed by atoms with Crippen LogP contribution in [0.1, 0.15) is 0 Å². The molecular weight excluding hydrogens is 299 g/mol. The van der Waals surface area contributed by atoms with E-state index in [0.717, 1.165) is 6.54 Å². The number of rotatable bonds is 3. The molecule has 1 unspecified atom stereocenters. The summed E-state index contributed by atoms with van der Waals surface area (Å²) in [7, 11) is 0. The molecule has 0 aliphatic carbocycles. The maximum absolute atomic E-state index is 12.0. The van der Waals surface area contributed by atoms with Gasteiger partial charge in [0.15, 0.2) is 0 Å². The van der Waals surface area contributed by atoms with E-state index in [-0.39, 0.29) is 18.5 Å². The molecule has 5 nitrogen and oxygen atoms in total. The van der Waals surface area contributed by atoms with Gasteiger partial charge in [0.2, 0.25) is 5.91 Å². The van der Waals surface area contributed by atoms with Crippen LogP contribution in [-0.4, -0.2) is 43.0 Å². The molecule has 0 aromatic heterocycles. The number of halogens is 2. The van der Waals surface area contributed by atoms with Gasteiger partial charge in [0.25, 0.3) is 0 Å². The van der Waals surface area contributed by atoms with Crippen LogP contribution in [0.2, 0.25) is 10.0 Å². The normalized spacial score (nSPS) is 19.4. The van der Waals surface area contributed by atoms with Crippen LogP contribution in [0.25, 0.3) is 0 Å². The Hall–Kier alpha value is -1.32. The molecule has 1 amide bonds. The zero-order chi connectivity index (χ0) is 14.5. The van der Waals surface area contributed by atoms with E-state index in [0.29, 0.717) is 28.8 Å². The number of piperazine rings is 1. The Balaban J connectivity index is 1.98. The van der Waals surface area contributed by atoms with E-state index in [4.69, 9.17) is 28.5 Å². The van der Waals surface area contributed by atoms with E-state index in [1.165, 1.54) is 0 Å². The Morgan fingerprint density at radius 3 is 3.10 bits per heavy atom. The van der Waals surface area contributed by atoms with Crippen molar-refractivity contribution >= 4 is 34.8 Å². The number of carbonyl (C=O) groups is 1. The molecule has 0 radical (unpaired) electrons. The Kier molecular flexibility index (Phi) is 5.21. The fourth-order valence-electron chi connectivity index (χ4n) is 2.03. The Morgan fingerprint density at radius 1 is 1.55 bits per heavy atom. The third-order valence-corrected chi connectivity index (χ3v) is 3.62. The number of carbonyl (C=O) groups excluding carboxylic acids is 1. The monoisotopic (exact) mass is 312 g/mol. The third kappa shape index (κ3) is 3.84. The number of benzene rings is 1. The molecule has 1 saturated heterocycles. The van der Waals surface area contributed by atoms with E-state index in [1.807, 2.05) is 4.90 Å². The van der Waals surface area contributed by atoms with Gasteiger partial charge in [-0.15, -0.1) is 0 Å². The van der Waals surface area contributed by atoms with Crippen molar-refractivity contribution in [1.82, 2.24) is 10.2 Å². The lowest BCUT2D eigenvalue weighted by Crippen LogP contribution is -2.52. The summed E-state index contributed by atoms with van der Waals surface area (Å²) in [4.78, 5) is 13.9. The Bertz CT molecular complexity index is 544. The van der Waals surface area contributed by atoms with Crippen LogP contribution >= 0.6 is 23.2 Å². The molecule has 20 heavy (non-hydrogen) atoms. The molecule has 1 fully saturated rings. The fraction of sp³-hybridized carbons (Fsp3) is 0.385. The average Bonchev–Trinajstić information content (AvgIpc) is 2.43. The predicted octanol–water partition coefficient (Wildman–Crippen LogP) is 1.73. The minimum absolute atomic E-state index is 0.156. The standard InChI is InChI=1S/C13H14Cl2N4O/c14-9-1-2-11(15)12(5-9)18-13(20)8-19-4-3-17-7-10(19)6-16/h1-2,5,10,17H,3-4,7-8H2,(H,18,20). The minimum atomic E-state index is -0.288. The van der Waals surface area contributed by atoms with Crippen LogP contribution in [0.4, 0.5) is 5.69 Å². The summed E-state index contributed by atoms with van der Waals surface area (Å²) < 4.78 is 0. The van der Waals surface area contributed by atoms with Crippen LogP contribution in [0.3, 0.4) is 0 Å². The molecule has 2 N–H and O–H groups in total. The van der Waals surface area contributed by atoms with Gasteiger partial charge in [-0.1, -0.05) is 23.2 Å². The van der Waals surface area contributed by atoms with Crippen molar-refractivity contribution in [3.8, 4) is 6.07 Å². The summed E-state index contributed by atoms with van der Waals surface area (Å²) >= 11 is 11.9. The SMILES string of the molecule is N#CC1CNCCN1CC(=O)Nc1cc(Cl)ccc1Cl. The van der Waals surface area contributed by atoms with Crippen molar-refractivity contribution in [3.63, 3.8) is 0 Å². The first-order valence-corrected chi connectivity index (χ1v) is 6.95. The second kappa shape index (κ2) is 6.91. The van der Waals surface area contributed by atoms with Crippen molar-refractivity contribution in [3.05, 3.63) is 28.2 Å². The van der Waals surface area contributed by atoms with Gasteiger partial charge in [0.1, 0.15) is 6.04 Å². The second-order valence-electron chi connectivity index (χ2n) is 4.49. The quantitative estimate of drug-likeness (QED) is 0.892. The molecule has 7 heteroatoms. The summed E-state index contributed by atoms with van der Waals surface area (Å²) in [6.07, 6.45) is 0. The topological polar surface area (TPSA) is 68.2 Å². The zero-order valence-corrected chi connectivity index (χ0v) is 12.2. The highest BCUT2D eigenvalue weighted by atomic mass is 35.5. The molecule has 0 spiro atoms. The van der Waals surface area contributed by atoms with Crippen molar-refractivity contribution in [2.24, 2.45) is 0 Å². The van der Waals surface area contributed by atoms with Crippen LogP contribution in [0.5, 0.6) is 0 Å². The van der Waals surface area contributed by atoms with E-state index in [2.05, 4.69) is 16.7 Å². The molecule has 1 aliphatic heterocycles. The molecular formula is C13H14Cl2N4O. The van der Waals surface area contributed by atoms with Gasteiger partial charge in [-0.05, 0) is 18.2 Å². The van der Waals surface area contributed by atoms with Crippen LogP contribution < -0.4 is 10.6 Å². The molecule has 0 bridgehead atoms. The smallest absolute Gasteiger partial charge is 0.238 e. The molecule has 106 valence electrons. The summed E-state index contributed by atoms with van der Waals surface area (Å²) in [5.74, 6) is -0.212. The molecule has 1 aromatic rings. The maximum Gasteiger partial charge on any atom is 0.238 e. The Labute approximate surface area is 127 Å². The molecule has 0 saturated carbocycles. The Morgan fingerprint density at radius 2 is 2.35 bits per heavy atom. The minimum Gasteiger partial charge on any atom is -0.324 e. The van der Waals surface area contributed by atoms with E-state index in [9.17, 15) is 4.79 Å². The molecule has 1 aliphatic rings. The van der Waals surface area contributed by atoms with Crippen molar-refractivity contribution in [2.45, 2.75) is 6.04 Å². The van der Waals surface area contributed by atoms with Gasteiger partial charge < -0.3 is 10.6 Å². The molecule has 2 rings (SSSR count). The van der Waals surface area contributed by atoms with E-state index >= 15 is 0 Å². The largest absolute Gasteiger partial charge is 0.324 e. The number of amides is 1. The molecule has 1 aromatic carbocycles. The van der Waals surface area contributed by atoms with Gasteiger partial charge in [0.05, 0.1) is 23.3 Å². The predicted molar refractivity (Wildman–Crippen MR) is 78.9 cm³/mol. The number of nitrogens with one attached hydrogen (secondary N) is 2. The number of hydrogen-bond acceptors (Lipinski definition) is 4. The van der Waals surface area contributed by atoms with Crippen LogP contribution in [0, 0.1) is 11.3 Å². The number of anilines is 1. The highest BCUT2D eigenvalue weighted by Crippen LogP contribution is 2.25. The van der Waals surface area contributed by atoms with Gasteiger partial charge >= 0.3 is 0 Å². The third-order valence-electron chi connectivity index (χ3n) is 3.05. The zero-order valence-electron chi connectivity index (χ0n) is 10.7. The van der Waals surface area contributed by atoms with Gasteiger partial charge in [-0.2, -0.15) is 5.26 Å². The molecule has 1 atom stereocenters. The van der Waals surface area contributed by atoms with Gasteiger partial charge in [0, 0.05) is 24.7 Å². The molecule has 1 heterocycles. The highest BCUT2D eigenvalue weighted by Gasteiger charge is 2.23. The van der Waals surface area contributed by atoms with Crippen LogP contribution in [0.15, 0.2) is 18.2 Å². The summed E-state index contributed by atoms with van der Waals surface area (Å²) in [5.41, 5.74) is 0.479. The van der Waals surface area contributed by atoms with Gasteiger partial charge in [-0.25, -0.2) is 0 Å². The highest BCUT2D eigenvalue weighted by molar-refractivity contribution is 6.35. The van der Waals surface area contributed by atoms with Gasteiger partial charge in [-0.3, -0.25) is 9.69 Å². The first-order chi connectivity index (χ1) is 9.60. The first kappa shape index (κ1) is 15.1. The lowest BCUT2D eigenvalue weighted by molar-refractivity contribution is -0.117. The first-order valence-electron chi connectivity index (χ1n) is 6.19. The maximum atomic E-state index is 12.0. The summed E-state index contributed by atoms with van der Waals surface area (Å²) in [6.45, 7) is 2.16. The van der Waals surface area contributed by atoms with Crippen molar-refractivity contribution < 1.29 is 4.79 Å². The van der Waals surface area contributed by atoms with Crippen molar-refractivity contribution in [1.29, 1.82) is 5.26 Å². The summed E-state index contributed by atoms with van der Waals surface area (Å²) in [5, 5.41) is 15.8. The number of nitrogens with zero attached hydrogens (tertiary/aromatic N) is 2. The fourth-order valence-corrected chi connectivity index (χ4v) is 2.37. The lowest BCUT2D eigenvalue weighted by atomic mass is 10.2. The second-order valence-corrected chi connectivity index (χ2v) is 5.34.